The molecule has 1 fully saturated rings. The number of aliphatic hydroxyl groups excluding tert-OH is 1. The molecule has 0 aromatic heterocycles. The van der Waals surface area contributed by atoms with Crippen LogP contribution in [0.5, 0.6) is 11.5 Å². The summed E-state index contributed by atoms with van der Waals surface area (Å²) in [5.41, 5.74) is 1.05. The lowest BCUT2D eigenvalue weighted by Gasteiger charge is -2.38. The van der Waals surface area contributed by atoms with E-state index in [2.05, 4.69) is 12.2 Å². The summed E-state index contributed by atoms with van der Waals surface area (Å²) in [5, 5.41) is 43.7. The van der Waals surface area contributed by atoms with Crippen molar-refractivity contribution in [3.63, 3.8) is 0 Å². The van der Waals surface area contributed by atoms with Crippen LogP contribution in [0.3, 0.4) is 0 Å². The summed E-state index contributed by atoms with van der Waals surface area (Å²) in [6.45, 7) is 2.74. The van der Waals surface area contributed by atoms with E-state index in [1.807, 2.05) is 54.6 Å². The summed E-state index contributed by atoms with van der Waals surface area (Å²) in [7, 11) is 0. The third-order valence-corrected chi connectivity index (χ3v) is 9.05. The standard InChI is InChI=1S/C38H58N4O9/c1-2-3-4-5-6-7-8-12-15-34(51-32-18-16-31(17-19-32)50-29-30-13-10-9-11-14-30)33-24-42(28-38(48)49)35(43)25-41(27-37(46)47)23-22-40(21-20-39-33)26-36(44)45/h9-11,13-14,16-19,33-35,39,43H,2-8,12,15,20-29H2,1H3,(H,44,45)(H,46,47)(H,48,49). The Kier molecular flexibility index (Phi) is 19.3. The van der Waals surface area contributed by atoms with Gasteiger partial charge in [0.05, 0.1) is 25.7 Å². The van der Waals surface area contributed by atoms with Crippen molar-refractivity contribution in [2.75, 3.05) is 58.9 Å². The van der Waals surface area contributed by atoms with Gasteiger partial charge in [0, 0.05) is 39.3 Å². The van der Waals surface area contributed by atoms with Crippen molar-refractivity contribution in [1.82, 2.24) is 20.0 Å². The summed E-state index contributed by atoms with van der Waals surface area (Å²) < 4.78 is 12.6. The number of nitrogens with zero attached hydrogens (tertiary/aromatic N) is 3. The molecule has 5 N–H and O–H groups in total. The monoisotopic (exact) mass is 714 g/mol. The second kappa shape index (κ2) is 23.7. The fourth-order valence-electron chi connectivity index (χ4n) is 6.31. The number of nitrogens with one attached hydrogen (secondary N) is 1. The van der Waals surface area contributed by atoms with E-state index < -0.39 is 42.8 Å². The predicted molar refractivity (Wildman–Crippen MR) is 194 cm³/mol. The van der Waals surface area contributed by atoms with Gasteiger partial charge in [-0.25, -0.2) is 0 Å². The lowest BCUT2D eigenvalue weighted by molar-refractivity contribution is -0.144. The Hall–Kier alpha value is -3.75. The van der Waals surface area contributed by atoms with Gasteiger partial charge in [0.15, 0.2) is 0 Å². The molecule has 0 spiro atoms. The molecule has 3 rings (SSSR count). The van der Waals surface area contributed by atoms with Gasteiger partial charge in [-0.3, -0.25) is 29.1 Å². The minimum absolute atomic E-state index is 0.104. The van der Waals surface area contributed by atoms with Crippen LogP contribution in [-0.4, -0.2) is 130 Å². The van der Waals surface area contributed by atoms with E-state index in [9.17, 15) is 34.8 Å². The molecule has 2 aromatic carbocycles. The highest BCUT2D eigenvalue weighted by Crippen LogP contribution is 2.23. The molecule has 0 amide bonds. The van der Waals surface area contributed by atoms with Gasteiger partial charge in [-0.2, -0.15) is 0 Å². The molecule has 13 nitrogen and oxygen atoms in total. The molecular formula is C38H58N4O9. The highest BCUT2D eigenvalue weighted by Gasteiger charge is 2.31. The number of hydrogen-bond acceptors (Lipinski definition) is 10. The number of carbonyl (C=O) groups is 3. The van der Waals surface area contributed by atoms with Crippen molar-refractivity contribution in [2.24, 2.45) is 0 Å². The van der Waals surface area contributed by atoms with E-state index in [1.165, 1.54) is 41.9 Å². The Morgan fingerprint density at radius 2 is 1.33 bits per heavy atom. The van der Waals surface area contributed by atoms with E-state index in [4.69, 9.17) is 9.47 Å². The number of carboxylic acids is 3. The summed E-state index contributed by atoms with van der Waals surface area (Å²) in [6.07, 6.45) is 8.03. The van der Waals surface area contributed by atoms with Gasteiger partial charge in [0.2, 0.25) is 0 Å². The number of benzene rings is 2. The summed E-state index contributed by atoms with van der Waals surface area (Å²) in [5.74, 6) is -1.91. The van der Waals surface area contributed by atoms with Crippen molar-refractivity contribution in [1.29, 1.82) is 0 Å². The zero-order valence-corrected chi connectivity index (χ0v) is 30.0. The normalized spacial score (nSPS) is 19.0. The van der Waals surface area contributed by atoms with E-state index in [-0.39, 0.29) is 39.3 Å². The molecule has 13 heteroatoms. The molecule has 0 radical (unpaired) electrons. The molecule has 3 atom stereocenters. The van der Waals surface area contributed by atoms with Crippen LogP contribution in [0.15, 0.2) is 54.6 Å². The molecule has 2 aromatic rings. The molecule has 3 unspecified atom stereocenters. The first-order valence-corrected chi connectivity index (χ1v) is 18.3. The molecule has 51 heavy (non-hydrogen) atoms. The fourth-order valence-corrected chi connectivity index (χ4v) is 6.31. The first-order chi connectivity index (χ1) is 24.6. The van der Waals surface area contributed by atoms with Gasteiger partial charge in [-0.15, -0.1) is 0 Å². The maximum absolute atomic E-state index is 12.0. The molecule has 284 valence electrons. The lowest BCUT2D eigenvalue weighted by atomic mass is 10.0. The van der Waals surface area contributed by atoms with Crippen molar-refractivity contribution < 1.29 is 44.3 Å². The number of carboxylic acid groups (broad SMARTS) is 3. The van der Waals surface area contributed by atoms with Crippen LogP contribution in [0.25, 0.3) is 0 Å². The van der Waals surface area contributed by atoms with Gasteiger partial charge in [0.25, 0.3) is 0 Å². The third kappa shape index (κ3) is 17.3. The quantitative estimate of drug-likeness (QED) is 0.118. The maximum atomic E-state index is 12.0. The van der Waals surface area contributed by atoms with E-state index in [0.717, 1.165) is 24.8 Å². The first kappa shape index (κ1) is 41.7. The van der Waals surface area contributed by atoms with Gasteiger partial charge in [-0.05, 0) is 42.7 Å². The molecule has 1 aliphatic rings. The molecule has 0 aliphatic carbocycles. The second-order valence-electron chi connectivity index (χ2n) is 13.3. The van der Waals surface area contributed by atoms with Crippen LogP contribution < -0.4 is 14.8 Å². The third-order valence-electron chi connectivity index (χ3n) is 9.05. The average molecular weight is 715 g/mol. The van der Waals surface area contributed by atoms with Crippen molar-refractivity contribution >= 4 is 17.9 Å². The number of unbranched alkanes of at least 4 members (excludes halogenated alkanes) is 7. The highest BCUT2D eigenvalue weighted by atomic mass is 16.5. The minimum atomic E-state index is -1.29. The summed E-state index contributed by atoms with van der Waals surface area (Å²) >= 11 is 0. The van der Waals surface area contributed by atoms with Crippen molar-refractivity contribution in [2.45, 2.75) is 89.7 Å². The SMILES string of the molecule is CCCCCCCCCCC(Oc1ccc(OCc2ccccc2)cc1)C1CN(CC(=O)O)C(O)CN(CC(=O)O)CCN(CC(=O)O)CCN1. The molecule has 1 saturated heterocycles. The number of rotatable bonds is 21. The van der Waals surface area contributed by atoms with Crippen LogP contribution in [0, 0.1) is 0 Å². The molecule has 1 aliphatic heterocycles. The Balaban J connectivity index is 1.83. The van der Waals surface area contributed by atoms with Gasteiger partial charge in [-0.1, -0.05) is 82.2 Å². The van der Waals surface area contributed by atoms with Crippen molar-refractivity contribution in [3.8, 4) is 11.5 Å². The van der Waals surface area contributed by atoms with E-state index >= 15 is 0 Å². The fraction of sp³-hybridized carbons (Fsp3) is 0.605. The van der Waals surface area contributed by atoms with Crippen LogP contribution >= 0.6 is 0 Å². The van der Waals surface area contributed by atoms with E-state index in [0.29, 0.717) is 37.6 Å². The van der Waals surface area contributed by atoms with Gasteiger partial charge >= 0.3 is 17.9 Å². The van der Waals surface area contributed by atoms with Gasteiger partial charge in [0.1, 0.15) is 30.4 Å². The lowest BCUT2D eigenvalue weighted by Crippen LogP contribution is -2.57. The minimum Gasteiger partial charge on any atom is -0.489 e. The van der Waals surface area contributed by atoms with Crippen LogP contribution in [0.2, 0.25) is 0 Å². The number of β-amino-alcohol motifs (C(OH)–C–C–N with tert-alkyl or cyclic N) is 1. The second-order valence-corrected chi connectivity index (χ2v) is 13.3. The Morgan fingerprint density at radius 3 is 1.98 bits per heavy atom. The van der Waals surface area contributed by atoms with E-state index in [1.54, 1.807) is 4.90 Å². The Labute approximate surface area is 302 Å². The molecule has 1 heterocycles. The maximum Gasteiger partial charge on any atom is 0.317 e. The average Bonchev–Trinajstić information content (AvgIpc) is 3.09. The zero-order chi connectivity index (χ0) is 36.8. The number of ether oxygens (including phenoxy) is 2. The highest BCUT2D eigenvalue weighted by molar-refractivity contribution is 5.70. The summed E-state index contributed by atoms with van der Waals surface area (Å²) in [6, 6.07) is 16.8. The number of aliphatic hydroxyl groups is 1. The first-order valence-electron chi connectivity index (χ1n) is 18.3. The summed E-state index contributed by atoms with van der Waals surface area (Å²) in [4.78, 5) is 40.0. The number of aliphatic carboxylic acids is 3. The zero-order valence-electron chi connectivity index (χ0n) is 30.0. The Morgan fingerprint density at radius 1 is 0.745 bits per heavy atom. The van der Waals surface area contributed by atoms with Crippen LogP contribution in [-0.2, 0) is 21.0 Å². The Bertz CT molecular complexity index is 1280. The predicted octanol–water partition coefficient (Wildman–Crippen LogP) is 3.99. The van der Waals surface area contributed by atoms with Crippen LogP contribution in [0.1, 0.15) is 70.3 Å². The number of hydrogen-bond donors (Lipinski definition) is 5. The molecular weight excluding hydrogens is 656 g/mol. The topological polar surface area (TPSA) is 172 Å². The van der Waals surface area contributed by atoms with Gasteiger partial charge < -0.3 is 35.2 Å². The smallest absolute Gasteiger partial charge is 0.317 e. The van der Waals surface area contributed by atoms with Crippen LogP contribution in [0.4, 0.5) is 0 Å². The molecule has 0 saturated carbocycles. The van der Waals surface area contributed by atoms with Crippen molar-refractivity contribution in [3.05, 3.63) is 60.2 Å². The molecule has 0 bridgehead atoms. The largest absolute Gasteiger partial charge is 0.489 e.